The first-order chi connectivity index (χ1) is 11.5. The Hall–Kier alpha value is -2.15. The third-order valence-corrected chi connectivity index (χ3v) is 4.37. The van der Waals surface area contributed by atoms with Crippen LogP contribution in [0.4, 0.5) is 13.2 Å². The Morgan fingerprint density at radius 2 is 1.48 bits per heavy atom. The van der Waals surface area contributed by atoms with Crippen molar-refractivity contribution >= 4 is 17.7 Å². The first-order valence-corrected chi connectivity index (χ1v) is 8.32. The minimum Gasteiger partial charge on any atom is -0.508 e. The zero-order valence-electron chi connectivity index (χ0n) is 13.7. The van der Waals surface area contributed by atoms with E-state index < -0.39 is 17.6 Å². The van der Waals surface area contributed by atoms with Crippen LogP contribution >= 0.6 is 11.8 Å². The summed E-state index contributed by atoms with van der Waals surface area (Å²) < 4.78 is 37.1. The molecule has 0 radical (unpaired) electrons. The van der Waals surface area contributed by atoms with Crippen LogP contribution in [0.2, 0.25) is 0 Å². The third-order valence-electron chi connectivity index (χ3n) is 3.35. The lowest BCUT2D eigenvalue weighted by atomic mass is 9.95. The van der Waals surface area contributed by atoms with Crippen molar-refractivity contribution < 1.29 is 23.1 Å². The van der Waals surface area contributed by atoms with Crippen LogP contribution in [0.3, 0.4) is 0 Å². The van der Waals surface area contributed by atoms with Gasteiger partial charge in [0.05, 0.1) is 0 Å². The number of halogens is 3. The van der Waals surface area contributed by atoms with Crippen molar-refractivity contribution in [3.63, 3.8) is 0 Å². The van der Waals surface area contributed by atoms with E-state index in [1.165, 1.54) is 11.8 Å². The summed E-state index contributed by atoms with van der Waals surface area (Å²) in [5, 5.41) is 11.3. The van der Waals surface area contributed by atoms with Gasteiger partial charge in [0.15, 0.2) is 0 Å². The van der Waals surface area contributed by atoms with Crippen molar-refractivity contribution in [2.75, 3.05) is 0 Å². The average molecular weight is 369 g/mol. The molecule has 2 aromatic carbocycles. The second-order valence-electron chi connectivity index (χ2n) is 6.25. The number of alkyl halides is 3. The Balaban J connectivity index is 1.99. The van der Waals surface area contributed by atoms with Crippen LogP contribution < -0.4 is 5.32 Å². The molecule has 2 N–H and O–H groups in total. The Morgan fingerprint density at radius 1 is 1.00 bits per heavy atom. The van der Waals surface area contributed by atoms with Gasteiger partial charge >= 0.3 is 12.1 Å². The number of phenolic OH excluding ortho intramolecular Hbond substituents is 1. The number of hydrogen-bond donors (Lipinski definition) is 2. The Bertz CT molecular complexity index is 725. The molecule has 0 unspecified atom stereocenters. The van der Waals surface area contributed by atoms with Crippen molar-refractivity contribution in [1.29, 1.82) is 0 Å². The first-order valence-electron chi connectivity index (χ1n) is 7.50. The molecule has 0 aromatic heterocycles. The molecular weight excluding hydrogens is 351 g/mol. The fourth-order valence-corrected chi connectivity index (χ4v) is 3.07. The smallest absolute Gasteiger partial charge is 0.471 e. The number of hydrogen-bond acceptors (Lipinski definition) is 3. The molecule has 3 nitrogen and oxygen atoms in total. The van der Waals surface area contributed by atoms with E-state index in [-0.39, 0.29) is 12.2 Å². The second-order valence-corrected chi connectivity index (χ2v) is 7.40. The van der Waals surface area contributed by atoms with E-state index in [9.17, 15) is 23.1 Å². The fraction of sp³-hybridized carbons (Fsp3) is 0.278. The van der Waals surface area contributed by atoms with Gasteiger partial charge in [0.25, 0.3) is 0 Å². The number of rotatable bonds is 5. The minimum atomic E-state index is -4.89. The van der Waals surface area contributed by atoms with E-state index in [4.69, 9.17) is 0 Å². The molecular formula is C18H18F3NO2S. The Morgan fingerprint density at radius 3 is 1.96 bits per heavy atom. The van der Waals surface area contributed by atoms with Gasteiger partial charge in [-0.15, -0.1) is 0 Å². The number of carbonyl (C=O) groups is 1. The van der Waals surface area contributed by atoms with Crippen molar-refractivity contribution in [2.45, 2.75) is 41.8 Å². The number of aromatic hydroxyl groups is 1. The molecule has 2 aromatic rings. The van der Waals surface area contributed by atoms with Gasteiger partial charge < -0.3 is 10.4 Å². The molecule has 0 saturated heterocycles. The fourth-order valence-electron chi connectivity index (χ4n) is 2.26. The van der Waals surface area contributed by atoms with Crippen molar-refractivity contribution in [2.24, 2.45) is 0 Å². The molecule has 7 heteroatoms. The summed E-state index contributed by atoms with van der Waals surface area (Å²) in [5.41, 5.74) is -0.194. The molecule has 0 bridgehead atoms. The lowest BCUT2D eigenvalue weighted by Crippen LogP contribution is -2.50. The van der Waals surface area contributed by atoms with Crippen LogP contribution in [0.25, 0.3) is 0 Å². The molecule has 0 aliphatic heterocycles. The third kappa shape index (κ3) is 6.01. The van der Waals surface area contributed by atoms with Crippen molar-refractivity contribution in [1.82, 2.24) is 5.32 Å². The lowest BCUT2D eigenvalue weighted by Gasteiger charge is -2.27. The van der Waals surface area contributed by atoms with Gasteiger partial charge in [-0.1, -0.05) is 23.9 Å². The van der Waals surface area contributed by atoms with Crippen molar-refractivity contribution in [3.05, 3.63) is 54.1 Å². The predicted octanol–water partition coefficient (Wildman–Crippen LogP) is 4.54. The maximum absolute atomic E-state index is 12.4. The SMILES string of the molecule is CC(C)(Cc1ccc(Sc2ccc(O)cc2)cc1)NC(=O)C(F)(F)F. The van der Waals surface area contributed by atoms with Crippen molar-refractivity contribution in [3.8, 4) is 5.75 Å². The van der Waals surface area contributed by atoms with Gasteiger partial charge in [-0.3, -0.25) is 4.79 Å². The Kier molecular flexibility index (Phi) is 5.67. The van der Waals surface area contributed by atoms with Gasteiger partial charge in [-0.05, 0) is 62.2 Å². The molecule has 0 fully saturated rings. The standard InChI is InChI=1S/C18H18F3NO2S/c1-17(2,22-16(24)18(19,20)21)11-12-3-7-14(8-4-12)25-15-9-5-13(23)6-10-15/h3-10,23H,11H2,1-2H3,(H,22,24). The van der Waals surface area contributed by atoms with Crippen LogP contribution in [0.15, 0.2) is 58.3 Å². The monoisotopic (exact) mass is 369 g/mol. The summed E-state index contributed by atoms with van der Waals surface area (Å²) in [6.07, 6.45) is -4.61. The number of phenols is 1. The minimum absolute atomic E-state index is 0.197. The van der Waals surface area contributed by atoms with Crippen LogP contribution in [0.5, 0.6) is 5.75 Å². The summed E-state index contributed by atoms with van der Waals surface area (Å²) in [6, 6.07) is 14.2. The number of benzene rings is 2. The maximum Gasteiger partial charge on any atom is 0.471 e. The summed E-state index contributed by atoms with van der Waals surface area (Å²) in [6.45, 7) is 3.10. The Labute approximate surface area is 148 Å². The highest BCUT2D eigenvalue weighted by molar-refractivity contribution is 7.99. The van der Waals surface area contributed by atoms with E-state index in [0.29, 0.717) is 0 Å². The van der Waals surface area contributed by atoms with Crippen LogP contribution in [0.1, 0.15) is 19.4 Å². The molecule has 0 aliphatic rings. The molecule has 1 amide bonds. The molecule has 0 saturated carbocycles. The quantitative estimate of drug-likeness (QED) is 0.813. The second kappa shape index (κ2) is 7.39. The predicted molar refractivity (Wildman–Crippen MR) is 90.7 cm³/mol. The normalized spacial score (nSPS) is 12.0. The largest absolute Gasteiger partial charge is 0.508 e. The highest BCUT2D eigenvalue weighted by Crippen LogP contribution is 2.29. The summed E-state index contributed by atoms with van der Waals surface area (Å²) in [7, 11) is 0. The van der Waals surface area contributed by atoms with E-state index in [2.05, 4.69) is 0 Å². The number of carbonyl (C=O) groups excluding carboxylic acids is 1. The highest BCUT2D eigenvalue weighted by Gasteiger charge is 2.41. The van der Waals surface area contributed by atoms with Gasteiger partial charge in [0, 0.05) is 15.3 Å². The van der Waals surface area contributed by atoms with Gasteiger partial charge in [-0.2, -0.15) is 13.2 Å². The molecule has 134 valence electrons. The van der Waals surface area contributed by atoms with Gasteiger partial charge in [-0.25, -0.2) is 0 Å². The zero-order valence-corrected chi connectivity index (χ0v) is 14.5. The summed E-state index contributed by atoms with van der Waals surface area (Å²) in [4.78, 5) is 13.0. The van der Waals surface area contributed by atoms with Gasteiger partial charge in [0.2, 0.25) is 0 Å². The average Bonchev–Trinajstić information content (AvgIpc) is 2.50. The zero-order chi connectivity index (χ0) is 18.7. The summed E-state index contributed by atoms with van der Waals surface area (Å²) in [5.74, 6) is -1.74. The molecule has 0 aliphatic carbocycles. The van der Waals surface area contributed by atoms with E-state index in [1.54, 1.807) is 38.1 Å². The highest BCUT2D eigenvalue weighted by atomic mass is 32.2. The van der Waals surface area contributed by atoms with Gasteiger partial charge in [0.1, 0.15) is 5.75 Å². The summed E-state index contributed by atoms with van der Waals surface area (Å²) >= 11 is 1.51. The number of amides is 1. The molecule has 25 heavy (non-hydrogen) atoms. The molecule has 0 heterocycles. The number of nitrogens with one attached hydrogen (secondary N) is 1. The van der Waals surface area contributed by atoms with E-state index in [0.717, 1.165) is 15.4 Å². The molecule has 0 spiro atoms. The van der Waals surface area contributed by atoms with Crippen LogP contribution in [-0.4, -0.2) is 22.7 Å². The van der Waals surface area contributed by atoms with Crippen LogP contribution in [0, 0.1) is 0 Å². The topological polar surface area (TPSA) is 49.3 Å². The maximum atomic E-state index is 12.4. The van der Waals surface area contributed by atoms with Crippen LogP contribution in [-0.2, 0) is 11.2 Å². The van der Waals surface area contributed by atoms with E-state index >= 15 is 0 Å². The molecule has 0 atom stereocenters. The van der Waals surface area contributed by atoms with E-state index in [1.807, 2.05) is 29.6 Å². The lowest BCUT2D eigenvalue weighted by molar-refractivity contribution is -0.175. The first kappa shape index (κ1) is 19.2. The molecule has 2 rings (SSSR count).